The number of ether oxygens (including phenoxy) is 1. The number of methoxy groups -OCH3 is 1. The van der Waals surface area contributed by atoms with Crippen molar-refractivity contribution in [3.8, 4) is 17.1 Å². The van der Waals surface area contributed by atoms with Crippen molar-refractivity contribution in [1.82, 2.24) is 25.8 Å². The Kier molecular flexibility index (Phi) is 5.48. The van der Waals surface area contributed by atoms with Crippen molar-refractivity contribution in [3.63, 3.8) is 0 Å². The number of H-pyrrole nitrogens is 1. The number of benzene rings is 2. The highest BCUT2D eigenvalue weighted by Crippen LogP contribution is 2.18. The number of carbonyl (C=O) groups excluding carboxylic acids is 1. The normalized spacial score (nSPS) is 10.4. The van der Waals surface area contributed by atoms with Gasteiger partial charge in [0.25, 0.3) is 0 Å². The molecule has 3 N–H and O–H groups in total. The molecule has 0 radical (unpaired) electrons. The van der Waals surface area contributed by atoms with Crippen molar-refractivity contribution in [2.45, 2.75) is 20.0 Å². The molecule has 3 aromatic rings. The highest BCUT2D eigenvalue weighted by molar-refractivity contribution is 5.73. The van der Waals surface area contributed by atoms with Gasteiger partial charge in [-0.1, -0.05) is 29.8 Å². The summed E-state index contributed by atoms with van der Waals surface area (Å²) in [6, 6.07) is 15.2. The fourth-order valence-corrected chi connectivity index (χ4v) is 2.36. The number of hydrogen-bond acceptors (Lipinski definition) is 4. The van der Waals surface area contributed by atoms with E-state index in [1.54, 1.807) is 7.11 Å². The number of nitrogens with one attached hydrogen (secondary N) is 3. The number of hydrogen-bond donors (Lipinski definition) is 3. The van der Waals surface area contributed by atoms with Crippen LogP contribution in [0.2, 0.25) is 0 Å². The minimum Gasteiger partial charge on any atom is -0.497 e. The van der Waals surface area contributed by atoms with E-state index in [4.69, 9.17) is 4.74 Å². The molecule has 0 saturated carbocycles. The summed E-state index contributed by atoms with van der Waals surface area (Å²) < 4.78 is 5.13. The average molecular weight is 351 g/mol. The first-order chi connectivity index (χ1) is 12.6. The third kappa shape index (κ3) is 4.60. The number of amides is 2. The van der Waals surface area contributed by atoms with Gasteiger partial charge >= 0.3 is 6.03 Å². The summed E-state index contributed by atoms with van der Waals surface area (Å²) in [5.74, 6) is 1.93. The second-order valence-electron chi connectivity index (χ2n) is 5.86. The summed E-state index contributed by atoms with van der Waals surface area (Å²) in [5, 5.41) is 12.6. The summed E-state index contributed by atoms with van der Waals surface area (Å²) in [4.78, 5) is 16.3. The van der Waals surface area contributed by atoms with E-state index in [0.29, 0.717) is 18.2 Å². The number of rotatable bonds is 6. The lowest BCUT2D eigenvalue weighted by molar-refractivity contribution is 0.240. The zero-order valence-electron chi connectivity index (χ0n) is 14.7. The molecule has 0 aliphatic heterocycles. The topological polar surface area (TPSA) is 91.9 Å². The van der Waals surface area contributed by atoms with E-state index in [0.717, 1.165) is 16.9 Å². The molecule has 0 aliphatic rings. The van der Waals surface area contributed by atoms with Gasteiger partial charge in [-0.25, -0.2) is 9.78 Å². The number of aromatic nitrogens is 3. The fourth-order valence-electron chi connectivity index (χ4n) is 2.36. The molecular weight excluding hydrogens is 330 g/mol. The molecule has 0 atom stereocenters. The summed E-state index contributed by atoms with van der Waals surface area (Å²) >= 11 is 0. The molecule has 0 bridgehead atoms. The Morgan fingerprint density at radius 2 is 1.73 bits per heavy atom. The van der Waals surface area contributed by atoms with Gasteiger partial charge < -0.3 is 15.4 Å². The van der Waals surface area contributed by atoms with Gasteiger partial charge in [-0.3, -0.25) is 5.10 Å². The molecule has 1 heterocycles. The maximum atomic E-state index is 11.9. The van der Waals surface area contributed by atoms with Gasteiger partial charge in [0.05, 0.1) is 13.7 Å². The highest BCUT2D eigenvalue weighted by Gasteiger charge is 2.07. The Labute approximate surface area is 151 Å². The van der Waals surface area contributed by atoms with Gasteiger partial charge in [-0.15, -0.1) is 0 Å². The van der Waals surface area contributed by atoms with Crippen LogP contribution >= 0.6 is 0 Å². The van der Waals surface area contributed by atoms with Gasteiger partial charge in [0.15, 0.2) is 5.82 Å². The highest BCUT2D eigenvalue weighted by atomic mass is 16.5. The summed E-state index contributed by atoms with van der Waals surface area (Å²) in [7, 11) is 1.62. The van der Waals surface area contributed by atoms with Crippen LogP contribution in [-0.2, 0) is 13.1 Å². The number of urea groups is 1. The van der Waals surface area contributed by atoms with Crippen molar-refractivity contribution >= 4 is 6.03 Å². The zero-order valence-corrected chi connectivity index (χ0v) is 14.7. The summed E-state index contributed by atoms with van der Waals surface area (Å²) in [6.45, 7) is 2.77. The Bertz CT molecular complexity index is 856. The predicted octanol–water partition coefficient (Wildman–Crippen LogP) is 2.79. The van der Waals surface area contributed by atoms with Gasteiger partial charge in [-0.05, 0) is 36.8 Å². The van der Waals surface area contributed by atoms with Crippen molar-refractivity contribution < 1.29 is 9.53 Å². The fraction of sp³-hybridized carbons (Fsp3) is 0.211. The molecule has 134 valence electrons. The molecular formula is C19H21N5O2. The van der Waals surface area contributed by atoms with Crippen LogP contribution in [0.5, 0.6) is 5.75 Å². The molecule has 0 aliphatic carbocycles. The van der Waals surface area contributed by atoms with E-state index in [1.807, 2.05) is 55.5 Å². The maximum Gasteiger partial charge on any atom is 0.315 e. The molecule has 26 heavy (non-hydrogen) atoms. The molecule has 2 amide bonds. The Balaban J connectivity index is 1.49. The van der Waals surface area contributed by atoms with Gasteiger partial charge in [0.2, 0.25) is 0 Å². The third-order valence-electron chi connectivity index (χ3n) is 3.87. The summed E-state index contributed by atoms with van der Waals surface area (Å²) in [6.07, 6.45) is 0. The van der Waals surface area contributed by atoms with Crippen LogP contribution < -0.4 is 15.4 Å². The largest absolute Gasteiger partial charge is 0.497 e. The van der Waals surface area contributed by atoms with Crippen LogP contribution in [0.3, 0.4) is 0 Å². The van der Waals surface area contributed by atoms with Crippen molar-refractivity contribution in [2.75, 3.05) is 7.11 Å². The number of aromatic amines is 1. The van der Waals surface area contributed by atoms with E-state index in [-0.39, 0.29) is 12.6 Å². The quantitative estimate of drug-likeness (QED) is 0.637. The first kappa shape index (κ1) is 17.5. The first-order valence-electron chi connectivity index (χ1n) is 8.27. The van der Waals surface area contributed by atoms with E-state index in [9.17, 15) is 4.79 Å². The Morgan fingerprint density at radius 3 is 2.42 bits per heavy atom. The van der Waals surface area contributed by atoms with Crippen LogP contribution in [-0.4, -0.2) is 28.3 Å². The number of carbonyl (C=O) groups is 1. The Morgan fingerprint density at radius 1 is 1.04 bits per heavy atom. The van der Waals surface area contributed by atoms with Crippen molar-refractivity contribution in [1.29, 1.82) is 0 Å². The van der Waals surface area contributed by atoms with Crippen LogP contribution in [0, 0.1) is 6.92 Å². The minimum atomic E-state index is -0.257. The predicted molar refractivity (Wildman–Crippen MR) is 98.6 cm³/mol. The van der Waals surface area contributed by atoms with E-state index < -0.39 is 0 Å². The smallest absolute Gasteiger partial charge is 0.315 e. The van der Waals surface area contributed by atoms with Gasteiger partial charge in [0, 0.05) is 12.1 Å². The second-order valence-corrected chi connectivity index (χ2v) is 5.86. The molecule has 0 fully saturated rings. The lowest BCUT2D eigenvalue weighted by Gasteiger charge is -2.06. The van der Waals surface area contributed by atoms with Crippen LogP contribution in [0.1, 0.15) is 17.0 Å². The minimum absolute atomic E-state index is 0.257. The standard InChI is InChI=1S/C19H21N5O2/c1-13-3-5-14(6-4-13)11-20-19(25)21-12-17-22-18(24-23-17)15-7-9-16(26-2)10-8-15/h3-10H,11-12H2,1-2H3,(H2,20,21,25)(H,22,23,24). The molecule has 1 aromatic heterocycles. The van der Waals surface area contributed by atoms with Crippen LogP contribution in [0.4, 0.5) is 4.79 Å². The van der Waals surface area contributed by atoms with Gasteiger partial charge in [-0.2, -0.15) is 5.10 Å². The third-order valence-corrected chi connectivity index (χ3v) is 3.87. The molecule has 0 spiro atoms. The van der Waals surface area contributed by atoms with Crippen molar-refractivity contribution in [2.24, 2.45) is 0 Å². The van der Waals surface area contributed by atoms with Crippen LogP contribution in [0.15, 0.2) is 48.5 Å². The molecule has 7 heteroatoms. The van der Waals surface area contributed by atoms with E-state index in [1.165, 1.54) is 5.56 Å². The van der Waals surface area contributed by atoms with E-state index in [2.05, 4.69) is 25.8 Å². The molecule has 0 saturated heterocycles. The van der Waals surface area contributed by atoms with Gasteiger partial charge in [0.1, 0.15) is 11.6 Å². The maximum absolute atomic E-state index is 11.9. The number of nitrogens with zero attached hydrogens (tertiary/aromatic N) is 2. The molecule has 0 unspecified atom stereocenters. The lowest BCUT2D eigenvalue weighted by Crippen LogP contribution is -2.34. The van der Waals surface area contributed by atoms with Crippen molar-refractivity contribution in [3.05, 3.63) is 65.5 Å². The lowest BCUT2D eigenvalue weighted by atomic mass is 10.1. The number of aryl methyl sites for hydroxylation is 1. The average Bonchev–Trinajstić information content (AvgIpc) is 3.15. The monoisotopic (exact) mass is 351 g/mol. The molecule has 3 rings (SSSR count). The molecule has 7 nitrogen and oxygen atoms in total. The molecule has 2 aromatic carbocycles. The SMILES string of the molecule is COc1ccc(-c2n[nH]c(CNC(=O)NCc3ccc(C)cc3)n2)cc1. The van der Waals surface area contributed by atoms with Crippen LogP contribution in [0.25, 0.3) is 11.4 Å². The first-order valence-corrected chi connectivity index (χ1v) is 8.27. The Hall–Kier alpha value is -3.35. The van der Waals surface area contributed by atoms with E-state index >= 15 is 0 Å². The summed E-state index contributed by atoms with van der Waals surface area (Å²) in [5.41, 5.74) is 3.11. The zero-order chi connectivity index (χ0) is 18.4. The second kappa shape index (κ2) is 8.15.